The van der Waals surface area contributed by atoms with Crippen molar-refractivity contribution in [3.63, 3.8) is 0 Å². The number of fused-ring (bicyclic) bond motifs is 1. The molecule has 0 radical (unpaired) electrons. The molecule has 4 heteroatoms. The van der Waals surface area contributed by atoms with Crippen molar-refractivity contribution in [1.29, 1.82) is 0 Å². The molecule has 3 atom stereocenters. The van der Waals surface area contributed by atoms with E-state index < -0.39 is 9.84 Å². The third kappa shape index (κ3) is 1.29. The Morgan fingerprint density at radius 2 is 1.64 bits per heavy atom. The molecule has 3 nitrogen and oxygen atoms in total. The molecular formula is C7H13NO2S. The minimum absolute atomic E-state index is 0.410. The molecule has 0 aliphatic carbocycles. The van der Waals surface area contributed by atoms with Gasteiger partial charge in [0.25, 0.3) is 0 Å². The van der Waals surface area contributed by atoms with Gasteiger partial charge in [-0.25, -0.2) is 8.42 Å². The van der Waals surface area contributed by atoms with Crippen molar-refractivity contribution in [3.05, 3.63) is 7.05 Å². The summed E-state index contributed by atoms with van der Waals surface area (Å²) in [4.78, 5) is 1.25. The first-order valence-corrected chi connectivity index (χ1v) is 5.76. The van der Waals surface area contributed by atoms with Crippen LogP contribution in [0.1, 0.15) is 0 Å². The normalized spacial score (nSPS) is 47.5. The molecular weight excluding hydrogens is 162 g/mol. The van der Waals surface area contributed by atoms with Gasteiger partial charge in [-0.05, 0) is 0 Å². The maximum Gasteiger partial charge on any atom is 0.151 e. The van der Waals surface area contributed by atoms with Crippen LogP contribution in [0.2, 0.25) is 0 Å². The standard InChI is InChI=1S/C7H13NO2S/c1-8-2-6-4-11(9,10)5-7(6)3-8/h6-8H,1-5H2/t6-,7+. The average Bonchev–Trinajstić information content (AvgIpc) is 2.17. The number of quaternary nitrogens is 1. The number of likely N-dealkylation sites (tertiary alicyclic amines) is 1. The molecule has 0 saturated carbocycles. The Hall–Kier alpha value is -0.0900. The van der Waals surface area contributed by atoms with Crippen molar-refractivity contribution in [2.75, 3.05) is 24.6 Å². The van der Waals surface area contributed by atoms with Gasteiger partial charge in [0.15, 0.2) is 9.84 Å². The molecule has 0 spiro atoms. The average molecular weight is 175 g/mol. The molecule has 0 aromatic heterocycles. The molecule has 1 unspecified atom stereocenters. The van der Waals surface area contributed by atoms with Gasteiger partial charge < -0.3 is 4.90 Å². The summed E-state index contributed by atoms with van der Waals surface area (Å²) >= 11 is 0. The van der Waals surface area contributed by atoms with Gasteiger partial charge in [-0.1, -0.05) is 0 Å². The molecule has 2 aliphatic heterocycles. The highest BCUT2D eigenvalue weighted by atomic mass is 32.2. The SMILES string of the molecule is [CH2-][NH+]1C[C@@H]2CS(=O)(=O)C[C@@H]2C1. The number of hydrogen-bond acceptors (Lipinski definition) is 2. The summed E-state index contributed by atoms with van der Waals surface area (Å²) in [5.74, 6) is 1.65. The summed E-state index contributed by atoms with van der Waals surface area (Å²) in [6, 6.07) is 0. The molecule has 0 aromatic carbocycles. The molecule has 2 heterocycles. The van der Waals surface area contributed by atoms with Gasteiger partial charge in [-0.15, -0.1) is 0 Å². The lowest BCUT2D eigenvalue weighted by Crippen LogP contribution is -3.05. The largest absolute Gasteiger partial charge is 0.467 e. The van der Waals surface area contributed by atoms with Gasteiger partial charge in [0.05, 0.1) is 24.6 Å². The van der Waals surface area contributed by atoms with Crippen LogP contribution in [0.25, 0.3) is 0 Å². The van der Waals surface area contributed by atoms with E-state index >= 15 is 0 Å². The van der Waals surface area contributed by atoms with Gasteiger partial charge in [0.2, 0.25) is 0 Å². The number of sulfone groups is 1. The van der Waals surface area contributed by atoms with E-state index in [4.69, 9.17) is 0 Å². The third-order valence-corrected chi connectivity index (χ3v) is 4.58. The van der Waals surface area contributed by atoms with Gasteiger partial charge in [0.1, 0.15) is 0 Å². The van der Waals surface area contributed by atoms with Crippen LogP contribution in [0.5, 0.6) is 0 Å². The Balaban J connectivity index is 2.16. The lowest BCUT2D eigenvalue weighted by atomic mass is 10.0. The van der Waals surface area contributed by atoms with E-state index in [1.54, 1.807) is 0 Å². The smallest absolute Gasteiger partial charge is 0.151 e. The van der Waals surface area contributed by atoms with Crippen molar-refractivity contribution in [2.24, 2.45) is 11.8 Å². The molecule has 2 aliphatic rings. The van der Waals surface area contributed by atoms with Crippen LogP contribution in [0, 0.1) is 18.9 Å². The lowest BCUT2D eigenvalue weighted by molar-refractivity contribution is -0.842. The van der Waals surface area contributed by atoms with Crippen LogP contribution < -0.4 is 4.90 Å². The first kappa shape index (κ1) is 7.55. The highest BCUT2D eigenvalue weighted by Crippen LogP contribution is 2.25. The van der Waals surface area contributed by atoms with E-state index in [2.05, 4.69) is 7.05 Å². The number of rotatable bonds is 0. The predicted octanol–water partition coefficient (Wildman–Crippen LogP) is -1.66. The van der Waals surface area contributed by atoms with Crippen molar-refractivity contribution in [1.82, 2.24) is 0 Å². The maximum atomic E-state index is 11.1. The second kappa shape index (κ2) is 2.20. The zero-order chi connectivity index (χ0) is 8.06. The third-order valence-electron chi connectivity index (χ3n) is 2.70. The summed E-state index contributed by atoms with van der Waals surface area (Å²) in [7, 11) is 1.22. The molecule has 64 valence electrons. The fraction of sp³-hybridized carbons (Fsp3) is 0.857. The van der Waals surface area contributed by atoms with E-state index in [1.807, 2.05) is 0 Å². The second-order valence-corrected chi connectivity index (χ2v) is 5.91. The summed E-state index contributed by atoms with van der Waals surface area (Å²) in [6.45, 7) is 1.90. The minimum Gasteiger partial charge on any atom is -0.467 e. The zero-order valence-corrected chi connectivity index (χ0v) is 7.23. The first-order valence-electron chi connectivity index (χ1n) is 3.94. The van der Waals surface area contributed by atoms with E-state index in [9.17, 15) is 8.42 Å². The van der Waals surface area contributed by atoms with Crippen molar-refractivity contribution < 1.29 is 13.3 Å². The summed E-state index contributed by atoms with van der Waals surface area (Å²) < 4.78 is 22.2. The Bertz CT molecular complexity index is 240. The highest BCUT2D eigenvalue weighted by molar-refractivity contribution is 7.91. The topological polar surface area (TPSA) is 38.6 Å². The maximum absolute atomic E-state index is 11.1. The fourth-order valence-corrected chi connectivity index (χ4v) is 4.49. The lowest BCUT2D eigenvalue weighted by Gasteiger charge is -2.13. The van der Waals surface area contributed by atoms with Crippen LogP contribution in [0.3, 0.4) is 0 Å². The minimum atomic E-state index is -2.67. The van der Waals surface area contributed by atoms with Crippen molar-refractivity contribution >= 4 is 9.84 Å². The summed E-state index contributed by atoms with van der Waals surface area (Å²) in [6.07, 6.45) is 0. The molecule has 11 heavy (non-hydrogen) atoms. The zero-order valence-electron chi connectivity index (χ0n) is 6.41. The van der Waals surface area contributed by atoms with Crippen LogP contribution in [0.4, 0.5) is 0 Å². The van der Waals surface area contributed by atoms with Gasteiger partial charge >= 0.3 is 0 Å². The van der Waals surface area contributed by atoms with Crippen LogP contribution >= 0.6 is 0 Å². The molecule has 0 aromatic rings. The van der Waals surface area contributed by atoms with Gasteiger partial charge in [-0.3, -0.25) is 0 Å². The van der Waals surface area contributed by atoms with E-state index in [0.717, 1.165) is 13.1 Å². The Morgan fingerprint density at radius 3 is 2.09 bits per heavy atom. The van der Waals surface area contributed by atoms with Crippen molar-refractivity contribution in [3.8, 4) is 0 Å². The van der Waals surface area contributed by atoms with E-state index in [1.165, 1.54) is 4.90 Å². The van der Waals surface area contributed by atoms with Crippen LogP contribution in [0.15, 0.2) is 0 Å². The van der Waals surface area contributed by atoms with Crippen LogP contribution in [-0.2, 0) is 9.84 Å². The van der Waals surface area contributed by atoms with Crippen molar-refractivity contribution in [2.45, 2.75) is 0 Å². The first-order chi connectivity index (χ1) is 5.07. The highest BCUT2D eigenvalue weighted by Gasteiger charge is 2.43. The monoisotopic (exact) mass is 175 g/mol. The summed E-state index contributed by atoms with van der Waals surface area (Å²) in [5, 5.41) is 0. The molecule has 0 bridgehead atoms. The quantitative estimate of drug-likeness (QED) is 0.447. The predicted molar refractivity (Wildman–Crippen MR) is 41.7 cm³/mol. The molecule has 2 rings (SSSR count). The summed E-state index contributed by atoms with van der Waals surface area (Å²) in [5.41, 5.74) is 0. The number of nitrogens with one attached hydrogen (secondary N) is 1. The van der Waals surface area contributed by atoms with Gasteiger partial charge in [-0.2, -0.15) is 7.05 Å². The molecule has 2 saturated heterocycles. The van der Waals surface area contributed by atoms with Crippen LogP contribution in [-0.4, -0.2) is 33.0 Å². The molecule has 0 amide bonds. The number of hydrogen-bond donors (Lipinski definition) is 1. The Kier molecular flexibility index (Phi) is 1.51. The fourth-order valence-electron chi connectivity index (χ4n) is 2.27. The van der Waals surface area contributed by atoms with E-state index in [0.29, 0.717) is 23.3 Å². The van der Waals surface area contributed by atoms with Gasteiger partial charge in [0, 0.05) is 11.8 Å². The Morgan fingerprint density at radius 1 is 1.18 bits per heavy atom. The second-order valence-electron chi connectivity index (χ2n) is 3.76. The Labute approximate surface area is 67.3 Å². The van der Waals surface area contributed by atoms with E-state index in [-0.39, 0.29) is 0 Å². The molecule has 2 fully saturated rings. The molecule has 1 N–H and O–H groups in total.